The summed E-state index contributed by atoms with van der Waals surface area (Å²) < 4.78 is 5.65. The summed E-state index contributed by atoms with van der Waals surface area (Å²) in [6.45, 7) is 2.92. The van der Waals surface area contributed by atoms with E-state index in [4.69, 9.17) is 33.7 Å². The van der Waals surface area contributed by atoms with Gasteiger partial charge in [-0.2, -0.15) is 0 Å². The Kier molecular flexibility index (Phi) is 3.75. The predicted molar refractivity (Wildman–Crippen MR) is 66.9 cm³/mol. The molecule has 0 amide bonds. The molecule has 2 nitrogen and oxygen atoms in total. The second-order valence-electron chi connectivity index (χ2n) is 4.27. The van der Waals surface area contributed by atoms with E-state index >= 15 is 0 Å². The fourth-order valence-electron chi connectivity index (χ4n) is 2.13. The van der Waals surface area contributed by atoms with Gasteiger partial charge >= 0.3 is 0 Å². The minimum Gasteiger partial charge on any atom is -0.376 e. The van der Waals surface area contributed by atoms with Gasteiger partial charge in [0.2, 0.25) is 0 Å². The molecule has 1 saturated heterocycles. The van der Waals surface area contributed by atoms with Gasteiger partial charge < -0.3 is 10.5 Å². The van der Waals surface area contributed by atoms with Crippen molar-refractivity contribution in [2.75, 3.05) is 6.61 Å². The van der Waals surface area contributed by atoms with E-state index in [2.05, 4.69) is 6.92 Å². The highest BCUT2D eigenvalue weighted by Crippen LogP contribution is 2.35. The number of halogens is 2. The van der Waals surface area contributed by atoms with E-state index in [-0.39, 0.29) is 12.1 Å². The largest absolute Gasteiger partial charge is 0.376 e. The van der Waals surface area contributed by atoms with Gasteiger partial charge in [0, 0.05) is 6.61 Å². The molecule has 88 valence electrons. The second kappa shape index (κ2) is 4.92. The van der Waals surface area contributed by atoms with Crippen LogP contribution in [0.4, 0.5) is 0 Å². The molecule has 1 aliphatic heterocycles. The van der Waals surface area contributed by atoms with Gasteiger partial charge in [0.15, 0.2) is 0 Å². The molecule has 2 rings (SSSR count). The summed E-state index contributed by atoms with van der Waals surface area (Å²) in [4.78, 5) is 0. The van der Waals surface area contributed by atoms with E-state index in [1.54, 1.807) is 6.07 Å². The van der Waals surface area contributed by atoms with Crippen LogP contribution in [0, 0.1) is 5.92 Å². The summed E-state index contributed by atoms with van der Waals surface area (Å²) in [7, 11) is 0. The zero-order valence-electron chi connectivity index (χ0n) is 9.12. The Morgan fingerprint density at radius 2 is 2.19 bits per heavy atom. The van der Waals surface area contributed by atoms with Crippen molar-refractivity contribution < 1.29 is 4.74 Å². The van der Waals surface area contributed by atoms with Crippen LogP contribution in [-0.2, 0) is 4.74 Å². The lowest BCUT2D eigenvalue weighted by molar-refractivity contribution is 0.0725. The molecule has 3 atom stereocenters. The number of ether oxygens (including phenoxy) is 1. The molecule has 4 heteroatoms. The summed E-state index contributed by atoms with van der Waals surface area (Å²) in [6, 6.07) is 5.33. The first kappa shape index (κ1) is 12.2. The van der Waals surface area contributed by atoms with Crippen LogP contribution < -0.4 is 5.73 Å². The van der Waals surface area contributed by atoms with Crippen LogP contribution in [0.2, 0.25) is 10.0 Å². The molecule has 1 aromatic rings. The van der Waals surface area contributed by atoms with E-state index < -0.39 is 0 Å². The van der Waals surface area contributed by atoms with Gasteiger partial charge in [0.25, 0.3) is 0 Å². The minimum absolute atomic E-state index is 0.0379. The van der Waals surface area contributed by atoms with E-state index in [1.165, 1.54) is 0 Å². The number of hydrogen-bond acceptors (Lipinski definition) is 2. The number of nitrogens with two attached hydrogens (primary N) is 1. The van der Waals surface area contributed by atoms with Crippen LogP contribution >= 0.6 is 23.2 Å². The first-order valence-electron chi connectivity index (χ1n) is 5.42. The molecule has 0 aliphatic carbocycles. The van der Waals surface area contributed by atoms with Crippen molar-refractivity contribution in [3.63, 3.8) is 0 Å². The van der Waals surface area contributed by atoms with Crippen LogP contribution in [0.1, 0.15) is 24.9 Å². The van der Waals surface area contributed by atoms with Crippen LogP contribution in [0.15, 0.2) is 18.2 Å². The lowest BCUT2D eigenvalue weighted by Gasteiger charge is -2.23. The SMILES string of the molecule is CC1CCOC1C(N)c1cccc(Cl)c1Cl. The van der Waals surface area contributed by atoms with Crippen molar-refractivity contribution in [1.29, 1.82) is 0 Å². The number of hydrogen-bond donors (Lipinski definition) is 1. The summed E-state index contributed by atoms with van der Waals surface area (Å²) in [6.07, 6.45) is 1.09. The Morgan fingerprint density at radius 1 is 1.44 bits per heavy atom. The highest BCUT2D eigenvalue weighted by Gasteiger charge is 2.31. The van der Waals surface area contributed by atoms with Gasteiger partial charge in [-0.1, -0.05) is 42.3 Å². The van der Waals surface area contributed by atoms with Crippen LogP contribution in [0.3, 0.4) is 0 Å². The molecule has 0 spiro atoms. The van der Waals surface area contributed by atoms with Gasteiger partial charge in [0.05, 0.1) is 22.2 Å². The monoisotopic (exact) mass is 259 g/mol. The molecular weight excluding hydrogens is 245 g/mol. The molecule has 1 heterocycles. The van der Waals surface area contributed by atoms with E-state index in [0.717, 1.165) is 18.6 Å². The highest BCUT2D eigenvalue weighted by atomic mass is 35.5. The maximum atomic E-state index is 6.19. The van der Waals surface area contributed by atoms with Crippen molar-refractivity contribution in [2.45, 2.75) is 25.5 Å². The van der Waals surface area contributed by atoms with Crippen molar-refractivity contribution >= 4 is 23.2 Å². The lowest BCUT2D eigenvalue weighted by Crippen LogP contribution is -2.30. The normalized spacial score (nSPS) is 27.0. The van der Waals surface area contributed by atoms with Crippen molar-refractivity contribution in [1.82, 2.24) is 0 Å². The molecule has 1 aliphatic rings. The Bertz CT molecular complexity index is 383. The highest BCUT2D eigenvalue weighted by molar-refractivity contribution is 6.42. The van der Waals surface area contributed by atoms with E-state index in [9.17, 15) is 0 Å². The topological polar surface area (TPSA) is 35.2 Å². The first-order valence-corrected chi connectivity index (χ1v) is 6.18. The zero-order valence-corrected chi connectivity index (χ0v) is 10.6. The molecule has 2 N–H and O–H groups in total. The fraction of sp³-hybridized carbons (Fsp3) is 0.500. The van der Waals surface area contributed by atoms with Gasteiger partial charge in [-0.15, -0.1) is 0 Å². The maximum Gasteiger partial charge on any atom is 0.0794 e. The van der Waals surface area contributed by atoms with Gasteiger partial charge in [0.1, 0.15) is 0 Å². The average molecular weight is 260 g/mol. The van der Waals surface area contributed by atoms with Gasteiger partial charge in [-0.3, -0.25) is 0 Å². The molecule has 0 aromatic heterocycles. The van der Waals surface area contributed by atoms with E-state index in [1.807, 2.05) is 12.1 Å². The van der Waals surface area contributed by atoms with E-state index in [0.29, 0.717) is 16.0 Å². The van der Waals surface area contributed by atoms with Crippen LogP contribution in [0.5, 0.6) is 0 Å². The summed E-state index contributed by atoms with van der Waals surface area (Å²) in [5.74, 6) is 0.463. The predicted octanol–water partition coefficient (Wildman–Crippen LogP) is 3.42. The summed E-state index contributed by atoms with van der Waals surface area (Å²) in [5.41, 5.74) is 7.06. The van der Waals surface area contributed by atoms with Crippen LogP contribution in [0.25, 0.3) is 0 Å². The third-order valence-corrected chi connectivity index (χ3v) is 3.97. The minimum atomic E-state index is -0.205. The third kappa shape index (κ3) is 2.21. The maximum absolute atomic E-state index is 6.19. The fourth-order valence-corrected chi connectivity index (χ4v) is 2.56. The third-order valence-electron chi connectivity index (χ3n) is 3.14. The summed E-state index contributed by atoms with van der Waals surface area (Å²) >= 11 is 12.1. The van der Waals surface area contributed by atoms with Crippen LogP contribution in [-0.4, -0.2) is 12.7 Å². The summed E-state index contributed by atoms with van der Waals surface area (Å²) in [5, 5.41) is 1.08. The molecule has 0 radical (unpaired) electrons. The molecule has 3 unspecified atom stereocenters. The molecule has 0 saturated carbocycles. The van der Waals surface area contributed by atoms with Gasteiger partial charge in [-0.05, 0) is 24.0 Å². The Morgan fingerprint density at radius 3 is 2.81 bits per heavy atom. The lowest BCUT2D eigenvalue weighted by atomic mass is 9.93. The number of benzene rings is 1. The van der Waals surface area contributed by atoms with Crippen molar-refractivity contribution in [3.05, 3.63) is 33.8 Å². The Labute approximate surface area is 106 Å². The number of rotatable bonds is 2. The zero-order chi connectivity index (χ0) is 11.7. The Balaban J connectivity index is 2.26. The molecular formula is C12H15Cl2NO. The molecule has 16 heavy (non-hydrogen) atoms. The standard InChI is InChI=1S/C12H15Cl2NO/c1-7-5-6-16-12(7)11(15)8-3-2-4-9(13)10(8)14/h2-4,7,11-12H,5-6,15H2,1H3. The van der Waals surface area contributed by atoms with Crippen molar-refractivity contribution in [3.8, 4) is 0 Å². The molecule has 1 fully saturated rings. The quantitative estimate of drug-likeness (QED) is 0.884. The average Bonchev–Trinajstić information content (AvgIpc) is 2.68. The molecule has 0 bridgehead atoms. The smallest absolute Gasteiger partial charge is 0.0794 e. The Hall–Kier alpha value is -0.280. The first-order chi connectivity index (χ1) is 7.61. The second-order valence-corrected chi connectivity index (χ2v) is 5.06. The molecule has 1 aromatic carbocycles. The van der Waals surface area contributed by atoms with Gasteiger partial charge in [-0.25, -0.2) is 0 Å². The van der Waals surface area contributed by atoms with Crippen molar-refractivity contribution in [2.24, 2.45) is 11.7 Å².